The lowest BCUT2D eigenvalue weighted by Crippen LogP contribution is -2.67. The van der Waals surface area contributed by atoms with Crippen LogP contribution in [-0.2, 0) is 0 Å². The molecule has 0 saturated carbocycles. The highest BCUT2D eigenvalue weighted by molar-refractivity contribution is 5.30. The van der Waals surface area contributed by atoms with Crippen LogP contribution in [0.4, 0.5) is 0 Å². The zero-order valence-corrected chi connectivity index (χ0v) is 11.2. The minimum atomic E-state index is 0.511. The summed E-state index contributed by atoms with van der Waals surface area (Å²) in [7, 11) is 2.53. The van der Waals surface area contributed by atoms with E-state index in [1.165, 1.54) is 56.1 Å². The van der Waals surface area contributed by atoms with E-state index in [0.29, 0.717) is 5.54 Å². The van der Waals surface area contributed by atoms with Crippen molar-refractivity contribution in [2.24, 2.45) is 5.92 Å². The monoisotopic (exact) mass is 220 g/mol. The quantitative estimate of drug-likeness (QED) is 0.433. The number of fused-ring (bicyclic) bond motifs is 2. The third-order valence-corrected chi connectivity index (χ3v) is 5.92. The lowest BCUT2D eigenvalue weighted by molar-refractivity contribution is -0.961. The average molecular weight is 220 g/mol. The third-order valence-electron chi connectivity index (χ3n) is 5.92. The van der Waals surface area contributed by atoms with Crippen molar-refractivity contribution in [3.63, 3.8) is 0 Å². The van der Waals surface area contributed by atoms with Gasteiger partial charge in [-0.15, -0.1) is 0 Å². The summed E-state index contributed by atoms with van der Waals surface area (Å²) in [5, 5.41) is 0. The SMILES string of the molecule is CC1CC[C@]2(C)C3=C(CCC3)CC[N+]2(C)C1. The number of piperidine rings is 1. The van der Waals surface area contributed by atoms with Gasteiger partial charge >= 0.3 is 0 Å². The molecule has 3 rings (SSSR count). The van der Waals surface area contributed by atoms with Crippen molar-refractivity contribution in [3.05, 3.63) is 11.1 Å². The third kappa shape index (κ3) is 1.27. The molecule has 2 aliphatic heterocycles. The molecule has 1 nitrogen and oxygen atoms in total. The summed E-state index contributed by atoms with van der Waals surface area (Å²) in [6, 6.07) is 0. The Kier molecular flexibility index (Phi) is 2.27. The smallest absolute Gasteiger partial charge is 0.118 e. The highest BCUT2D eigenvalue weighted by atomic mass is 15.4. The van der Waals surface area contributed by atoms with Crippen LogP contribution in [0.15, 0.2) is 11.1 Å². The molecular weight excluding hydrogens is 194 g/mol. The van der Waals surface area contributed by atoms with Crippen LogP contribution in [0.5, 0.6) is 0 Å². The van der Waals surface area contributed by atoms with Gasteiger partial charge in [0.1, 0.15) is 5.54 Å². The number of hydrogen-bond acceptors (Lipinski definition) is 0. The lowest BCUT2D eigenvalue weighted by atomic mass is 9.72. The number of nitrogens with zero attached hydrogens (tertiary/aromatic N) is 1. The second-order valence-electron chi connectivity index (χ2n) is 6.91. The Labute approximate surface area is 100 Å². The van der Waals surface area contributed by atoms with Crippen molar-refractivity contribution in [1.29, 1.82) is 0 Å². The minimum Gasteiger partial charge on any atom is -0.317 e. The van der Waals surface area contributed by atoms with Gasteiger partial charge in [0.2, 0.25) is 0 Å². The van der Waals surface area contributed by atoms with E-state index in [4.69, 9.17) is 0 Å². The van der Waals surface area contributed by atoms with Crippen molar-refractivity contribution < 1.29 is 4.48 Å². The zero-order chi connectivity index (χ0) is 11.4. The molecule has 2 unspecified atom stereocenters. The van der Waals surface area contributed by atoms with Gasteiger partial charge in [-0.3, -0.25) is 0 Å². The Hall–Kier alpha value is -0.300. The topological polar surface area (TPSA) is 0 Å². The molecule has 1 aliphatic carbocycles. The summed E-state index contributed by atoms with van der Waals surface area (Å²) in [5.41, 5.74) is 4.25. The first-order chi connectivity index (χ1) is 7.55. The van der Waals surface area contributed by atoms with Crippen LogP contribution in [-0.4, -0.2) is 30.2 Å². The van der Waals surface area contributed by atoms with E-state index in [9.17, 15) is 0 Å². The van der Waals surface area contributed by atoms with Crippen LogP contribution in [0.2, 0.25) is 0 Å². The van der Waals surface area contributed by atoms with Gasteiger partial charge in [0.05, 0.1) is 20.1 Å². The number of rotatable bonds is 0. The van der Waals surface area contributed by atoms with Crippen LogP contribution < -0.4 is 0 Å². The Morgan fingerprint density at radius 3 is 2.88 bits per heavy atom. The molecule has 0 radical (unpaired) electrons. The summed E-state index contributed by atoms with van der Waals surface area (Å²) in [5.74, 6) is 0.932. The number of quaternary nitrogens is 1. The Balaban J connectivity index is 2.02. The molecule has 3 atom stereocenters. The fraction of sp³-hybridized carbons (Fsp3) is 0.867. The first-order valence-corrected chi connectivity index (χ1v) is 7.11. The van der Waals surface area contributed by atoms with E-state index >= 15 is 0 Å². The van der Waals surface area contributed by atoms with Gasteiger partial charge in [-0.05, 0) is 38.2 Å². The van der Waals surface area contributed by atoms with Crippen LogP contribution in [0.1, 0.15) is 52.4 Å². The molecule has 1 saturated heterocycles. The van der Waals surface area contributed by atoms with Crippen molar-refractivity contribution in [3.8, 4) is 0 Å². The zero-order valence-electron chi connectivity index (χ0n) is 11.2. The second-order valence-corrected chi connectivity index (χ2v) is 6.91. The molecule has 0 amide bonds. The van der Waals surface area contributed by atoms with Crippen LogP contribution >= 0.6 is 0 Å². The minimum absolute atomic E-state index is 0.511. The van der Waals surface area contributed by atoms with E-state index in [1.807, 2.05) is 11.1 Å². The number of hydrogen-bond donors (Lipinski definition) is 0. The first-order valence-electron chi connectivity index (χ1n) is 7.11. The normalized spacial score (nSPS) is 47.8. The molecule has 0 N–H and O–H groups in total. The predicted molar refractivity (Wildman–Crippen MR) is 68.2 cm³/mol. The lowest BCUT2D eigenvalue weighted by Gasteiger charge is -2.57. The van der Waals surface area contributed by atoms with Crippen molar-refractivity contribution >= 4 is 0 Å². The summed E-state index contributed by atoms with van der Waals surface area (Å²) < 4.78 is 1.34. The fourth-order valence-electron chi connectivity index (χ4n) is 4.71. The molecule has 0 spiro atoms. The maximum absolute atomic E-state index is 2.57. The van der Waals surface area contributed by atoms with E-state index in [2.05, 4.69) is 20.9 Å². The van der Waals surface area contributed by atoms with Gasteiger partial charge in [-0.25, -0.2) is 0 Å². The van der Waals surface area contributed by atoms with E-state index in [-0.39, 0.29) is 0 Å². The van der Waals surface area contributed by atoms with E-state index < -0.39 is 0 Å². The average Bonchev–Trinajstić information content (AvgIpc) is 2.70. The molecule has 16 heavy (non-hydrogen) atoms. The van der Waals surface area contributed by atoms with Crippen LogP contribution in [0.25, 0.3) is 0 Å². The molecule has 90 valence electrons. The maximum Gasteiger partial charge on any atom is 0.118 e. The summed E-state index contributed by atoms with van der Waals surface area (Å²) in [4.78, 5) is 0. The summed E-state index contributed by atoms with van der Waals surface area (Å²) >= 11 is 0. The van der Waals surface area contributed by atoms with E-state index in [0.717, 1.165) is 5.92 Å². The van der Waals surface area contributed by atoms with Gasteiger partial charge < -0.3 is 4.48 Å². The van der Waals surface area contributed by atoms with Crippen LogP contribution in [0, 0.1) is 5.92 Å². The van der Waals surface area contributed by atoms with Gasteiger partial charge in [0.25, 0.3) is 0 Å². The van der Waals surface area contributed by atoms with Gasteiger partial charge in [0.15, 0.2) is 0 Å². The van der Waals surface area contributed by atoms with Crippen LogP contribution in [0.3, 0.4) is 0 Å². The molecule has 0 aromatic rings. The Bertz CT molecular complexity index is 343. The maximum atomic E-state index is 2.57. The highest BCUT2D eigenvalue weighted by Gasteiger charge is 2.53. The molecular formula is C15H26N+. The fourth-order valence-corrected chi connectivity index (χ4v) is 4.71. The molecule has 2 heterocycles. The summed E-state index contributed by atoms with van der Waals surface area (Å²) in [6.45, 7) is 7.83. The molecule has 1 heteroatoms. The summed E-state index contributed by atoms with van der Waals surface area (Å²) in [6.07, 6.45) is 8.54. The molecule has 3 aliphatic rings. The standard InChI is InChI=1S/C15H26N/c1-12-7-9-15(2)14-6-4-5-13(14)8-10-16(15,3)11-12/h12H,4-11H2,1-3H3/q+1/t12?,15-,16?/m1/s1. The molecule has 0 aromatic heterocycles. The Morgan fingerprint density at radius 2 is 2.06 bits per heavy atom. The highest BCUT2D eigenvalue weighted by Crippen LogP contribution is 2.50. The van der Waals surface area contributed by atoms with Gasteiger partial charge in [0, 0.05) is 18.8 Å². The Morgan fingerprint density at radius 1 is 1.25 bits per heavy atom. The largest absolute Gasteiger partial charge is 0.317 e. The number of likely N-dealkylation sites (N-methyl/N-ethyl adjacent to an activating group) is 1. The van der Waals surface area contributed by atoms with E-state index in [1.54, 1.807) is 0 Å². The second kappa shape index (κ2) is 3.35. The van der Waals surface area contributed by atoms with Gasteiger partial charge in [-0.2, -0.15) is 0 Å². The molecule has 0 aromatic carbocycles. The first kappa shape index (κ1) is 10.8. The van der Waals surface area contributed by atoms with Gasteiger partial charge in [-0.1, -0.05) is 12.5 Å². The predicted octanol–water partition coefficient (Wildman–Crippen LogP) is 3.51. The van der Waals surface area contributed by atoms with Crippen molar-refractivity contribution in [2.75, 3.05) is 20.1 Å². The van der Waals surface area contributed by atoms with Crippen molar-refractivity contribution in [1.82, 2.24) is 0 Å². The molecule has 0 bridgehead atoms. The molecule has 1 fully saturated rings. The van der Waals surface area contributed by atoms with Crippen molar-refractivity contribution in [2.45, 2.75) is 57.9 Å².